The lowest BCUT2D eigenvalue weighted by Crippen LogP contribution is -2.44. The molecule has 1 aliphatic heterocycles. The van der Waals surface area contributed by atoms with E-state index in [0.29, 0.717) is 30.3 Å². The van der Waals surface area contributed by atoms with Crippen molar-refractivity contribution in [2.24, 2.45) is 0 Å². The Labute approximate surface area is 133 Å². The Morgan fingerprint density at radius 2 is 2.09 bits per heavy atom. The average molecular weight is 321 g/mol. The molecule has 0 bridgehead atoms. The van der Waals surface area contributed by atoms with Crippen LogP contribution >= 0.6 is 0 Å². The Bertz CT molecular complexity index is 586. The maximum atomic E-state index is 12.0. The van der Waals surface area contributed by atoms with Crippen LogP contribution in [0.1, 0.15) is 5.56 Å². The number of nitrogens with one attached hydrogen (secondary N) is 1. The summed E-state index contributed by atoms with van der Waals surface area (Å²) in [6.07, 6.45) is 1.55. The molecule has 0 saturated heterocycles. The molecule has 2 N–H and O–H groups in total. The van der Waals surface area contributed by atoms with Crippen LogP contribution in [0.4, 0.5) is 0 Å². The Morgan fingerprint density at radius 3 is 2.78 bits per heavy atom. The largest absolute Gasteiger partial charge is 0.486 e. The van der Waals surface area contributed by atoms with E-state index in [9.17, 15) is 9.59 Å². The number of carbonyl (C=O) groups is 2. The molecule has 0 aromatic heterocycles. The summed E-state index contributed by atoms with van der Waals surface area (Å²) in [5.74, 6) is -0.326. The second kappa shape index (κ2) is 8.19. The molecule has 1 aromatic rings. The maximum absolute atomic E-state index is 12.0. The monoisotopic (exact) mass is 321 g/mol. The Kier molecular flexibility index (Phi) is 5.99. The summed E-state index contributed by atoms with van der Waals surface area (Å²) in [5, 5.41) is 11.5. The van der Waals surface area contributed by atoms with E-state index in [1.54, 1.807) is 18.2 Å². The van der Waals surface area contributed by atoms with Crippen molar-refractivity contribution in [2.75, 3.05) is 26.4 Å². The minimum atomic E-state index is -1.15. The number of aliphatic carboxylic acids is 1. The number of fused-ring (bicyclic) bond motifs is 1. The first-order chi connectivity index (χ1) is 11.1. The van der Waals surface area contributed by atoms with Gasteiger partial charge in [0.25, 0.3) is 0 Å². The van der Waals surface area contributed by atoms with Crippen LogP contribution in [-0.4, -0.2) is 49.5 Å². The van der Waals surface area contributed by atoms with Crippen LogP contribution in [0.25, 0.3) is 0 Å². The van der Waals surface area contributed by atoms with E-state index < -0.39 is 17.9 Å². The molecule has 1 unspecified atom stereocenters. The third-order valence-electron chi connectivity index (χ3n) is 3.12. The number of carboxylic acids is 1. The number of carbonyl (C=O) groups excluding carboxylic acids is 1. The fraction of sp³-hybridized carbons (Fsp3) is 0.375. The minimum absolute atomic E-state index is 0.0435. The lowest BCUT2D eigenvalue weighted by atomic mass is 10.1. The van der Waals surface area contributed by atoms with E-state index in [2.05, 4.69) is 11.9 Å². The van der Waals surface area contributed by atoms with Crippen LogP contribution in [0.2, 0.25) is 0 Å². The van der Waals surface area contributed by atoms with Crippen molar-refractivity contribution < 1.29 is 28.9 Å². The van der Waals surface area contributed by atoms with Gasteiger partial charge in [-0.2, -0.15) is 0 Å². The van der Waals surface area contributed by atoms with Gasteiger partial charge >= 0.3 is 5.97 Å². The quantitative estimate of drug-likeness (QED) is 0.543. The zero-order valence-corrected chi connectivity index (χ0v) is 12.6. The van der Waals surface area contributed by atoms with Crippen molar-refractivity contribution in [2.45, 2.75) is 12.5 Å². The highest BCUT2D eigenvalue weighted by Gasteiger charge is 2.20. The molecular formula is C16H19NO6. The molecule has 1 amide bonds. The fourth-order valence-corrected chi connectivity index (χ4v) is 2.07. The highest BCUT2D eigenvalue weighted by molar-refractivity contribution is 5.85. The predicted octanol–water partition coefficient (Wildman–Crippen LogP) is 0.772. The highest BCUT2D eigenvalue weighted by Crippen LogP contribution is 2.30. The lowest BCUT2D eigenvalue weighted by molar-refractivity contribution is -0.143. The van der Waals surface area contributed by atoms with Crippen molar-refractivity contribution in [1.29, 1.82) is 0 Å². The summed E-state index contributed by atoms with van der Waals surface area (Å²) in [6, 6.07) is 4.10. The Hall–Kier alpha value is -2.54. The van der Waals surface area contributed by atoms with Crippen molar-refractivity contribution >= 4 is 11.9 Å². The molecule has 1 atom stereocenters. The van der Waals surface area contributed by atoms with Gasteiger partial charge in [-0.3, -0.25) is 4.79 Å². The van der Waals surface area contributed by atoms with Gasteiger partial charge in [-0.05, 0) is 17.7 Å². The van der Waals surface area contributed by atoms with Gasteiger partial charge in [0, 0.05) is 0 Å². The van der Waals surface area contributed by atoms with E-state index in [1.807, 2.05) is 0 Å². The van der Waals surface area contributed by atoms with Gasteiger partial charge in [0.15, 0.2) is 17.5 Å². The van der Waals surface area contributed by atoms with Gasteiger partial charge in [-0.1, -0.05) is 12.1 Å². The van der Waals surface area contributed by atoms with E-state index in [4.69, 9.17) is 19.3 Å². The number of hydrogen-bond donors (Lipinski definition) is 2. The van der Waals surface area contributed by atoms with Crippen LogP contribution in [-0.2, 0) is 20.7 Å². The van der Waals surface area contributed by atoms with Gasteiger partial charge < -0.3 is 24.6 Å². The molecular weight excluding hydrogens is 302 g/mol. The molecule has 0 fully saturated rings. The summed E-state index contributed by atoms with van der Waals surface area (Å²) in [7, 11) is 0. The lowest BCUT2D eigenvalue weighted by Gasteiger charge is -2.19. The number of hydrogen-bond acceptors (Lipinski definition) is 5. The maximum Gasteiger partial charge on any atom is 0.328 e. The van der Waals surface area contributed by atoms with Crippen LogP contribution in [0.3, 0.4) is 0 Å². The van der Waals surface area contributed by atoms with Crippen molar-refractivity contribution in [3.63, 3.8) is 0 Å². The zero-order valence-electron chi connectivity index (χ0n) is 12.6. The summed E-state index contributed by atoms with van der Waals surface area (Å²) in [4.78, 5) is 23.1. The first-order valence-electron chi connectivity index (χ1n) is 7.19. The number of carboxylic acid groups (broad SMARTS) is 1. The third-order valence-corrected chi connectivity index (χ3v) is 3.12. The van der Waals surface area contributed by atoms with Gasteiger partial charge in [0.05, 0.1) is 19.6 Å². The summed E-state index contributed by atoms with van der Waals surface area (Å²) >= 11 is 0. The SMILES string of the molecule is C=CCOCC(NC(=O)Cc1ccc2c(c1)OCCO2)C(=O)O. The summed E-state index contributed by atoms with van der Waals surface area (Å²) in [6.45, 7) is 4.54. The molecule has 23 heavy (non-hydrogen) atoms. The van der Waals surface area contributed by atoms with Crippen LogP contribution in [0.15, 0.2) is 30.9 Å². The number of ether oxygens (including phenoxy) is 3. The standard InChI is InChI=1S/C16H19NO6/c1-2-5-21-10-12(16(19)20)17-15(18)9-11-3-4-13-14(8-11)23-7-6-22-13/h2-4,8,12H,1,5-7,9-10H2,(H,17,18)(H,19,20). The van der Waals surface area contributed by atoms with E-state index in [-0.39, 0.29) is 19.6 Å². The average Bonchev–Trinajstić information content (AvgIpc) is 2.54. The molecule has 2 rings (SSSR count). The number of rotatable bonds is 8. The van der Waals surface area contributed by atoms with Crippen molar-refractivity contribution in [1.82, 2.24) is 5.32 Å². The zero-order chi connectivity index (χ0) is 16.7. The molecule has 7 nitrogen and oxygen atoms in total. The smallest absolute Gasteiger partial charge is 0.328 e. The number of amides is 1. The molecule has 124 valence electrons. The first kappa shape index (κ1) is 16.8. The number of benzene rings is 1. The third kappa shape index (κ3) is 5.00. The van der Waals surface area contributed by atoms with E-state index in [0.717, 1.165) is 0 Å². The second-order valence-corrected chi connectivity index (χ2v) is 4.94. The molecule has 1 aromatic carbocycles. The molecule has 0 saturated carbocycles. The van der Waals surface area contributed by atoms with E-state index in [1.165, 1.54) is 6.08 Å². The van der Waals surface area contributed by atoms with Crippen molar-refractivity contribution in [3.8, 4) is 11.5 Å². The van der Waals surface area contributed by atoms with Crippen molar-refractivity contribution in [3.05, 3.63) is 36.4 Å². The molecule has 1 heterocycles. The predicted molar refractivity (Wildman–Crippen MR) is 81.7 cm³/mol. The molecule has 1 aliphatic rings. The normalized spacial score (nSPS) is 13.9. The minimum Gasteiger partial charge on any atom is -0.486 e. The summed E-state index contributed by atoms with van der Waals surface area (Å²) in [5.41, 5.74) is 0.711. The fourth-order valence-electron chi connectivity index (χ4n) is 2.07. The Balaban J connectivity index is 1.92. The molecule has 0 spiro atoms. The van der Waals surface area contributed by atoms with Gasteiger partial charge in [0.2, 0.25) is 5.91 Å². The van der Waals surface area contributed by atoms with Crippen LogP contribution in [0, 0.1) is 0 Å². The van der Waals surface area contributed by atoms with Gasteiger partial charge in [-0.15, -0.1) is 6.58 Å². The Morgan fingerprint density at radius 1 is 1.35 bits per heavy atom. The van der Waals surface area contributed by atoms with Gasteiger partial charge in [-0.25, -0.2) is 4.79 Å². The first-order valence-corrected chi connectivity index (χ1v) is 7.19. The molecule has 0 radical (unpaired) electrons. The van der Waals surface area contributed by atoms with Gasteiger partial charge in [0.1, 0.15) is 13.2 Å². The molecule has 0 aliphatic carbocycles. The summed E-state index contributed by atoms with van der Waals surface area (Å²) < 4.78 is 15.9. The van der Waals surface area contributed by atoms with Crippen LogP contribution in [0.5, 0.6) is 11.5 Å². The second-order valence-electron chi connectivity index (χ2n) is 4.94. The van der Waals surface area contributed by atoms with Crippen LogP contribution < -0.4 is 14.8 Å². The van der Waals surface area contributed by atoms with E-state index >= 15 is 0 Å². The molecule has 7 heteroatoms. The topological polar surface area (TPSA) is 94.1 Å². The highest BCUT2D eigenvalue weighted by atomic mass is 16.6.